The quantitative estimate of drug-likeness (QED) is 0.341. The summed E-state index contributed by atoms with van der Waals surface area (Å²) < 4.78 is 0. The first-order valence-corrected chi connectivity index (χ1v) is 8.00. The standard InChI is InChI=1S/C10H21NSi/c1-4-5-6-7-8-11-9-10-12(2)3/h10,12H,4-8H2,1-3H3. The molecule has 0 amide bonds. The highest BCUT2D eigenvalue weighted by Crippen LogP contribution is 1.97. The molecule has 0 saturated carbocycles. The van der Waals surface area contributed by atoms with Gasteiger partial charge in [0, 0.05) is 6.54 Å². The van der Waals surface area contributed by atoms with E-state index >= 15 is 0 Å². The van der Waals surface area contributed by atoms with Crippen molar-refractivity contribution in [3.63, 3.8) is 0 Å². The van der Waals surface area contributed by atoms with Crippen LogP contribution in [0.5, 0.6) is 0 Å². The van der Waals surface area contributed by atoms with Crippen LogP contribution in [-0.2, 0) is 0 Å². The average Bonchev–Trinajstić information content (AvgIpc) is 2.02. The lowest BCUT2D eigenvalue weighted by atomic mass is 10.2. The molecule has 0 aliphatic carbocycles. The molecule has 0 unspecified atom stereocenters. The van der Waals surface area contributed by atoms with Gasteiger partial charge in [0.1, 0.15) is 0 Å². The Kier molecular flexibility index (Phi) is 8.52. The predicted molar refractivity (Wildman–Crippen MR) is 59.9 cm³/mol. The fraction of sp³-hybridized carbons (Fsp3) is 0.800. The third-order valence-electron chi connectivity index (χ3n) is 1.62. The van der Waals surface area contributed by atoms with Gasteiger partial charge < -0.3 is 0 Å². The molecule has 0 rings (SSSR count). The zero-order valence-corrected chi connectivity index (χ0v) is 9.79. The Balaban J connectivity index is 3.24. The lowest BCUT2D eigenvalue weighted by Crippen LogP contribution is -1.92. The van der Waals surface area contributed by atoms with E-state index in [-0.39, 0.29) is 0 Å². The highest BCUT2D eigenvalue weighted by atomic mass is 28.3. The van der Waals surface area contributed by atoms with Crippen molar-refractivity contribution < 1.29 is 0 Å². The zero-order valence-electron chi connectivity index (χ0n) is 8.64. The van der Waals surface area contributed by atoms with Gasteiger partial charge in [-0.25, -0.2) is 4.99 Å². The highest BCUT2D eigenvalue weighted by Gasteiger charge is 1.85. The summed E-state index contributed by atoms with van der Waals surface area (Å²) in [6, 6.07) is 0. The Hall–Kier alpha value is -0.333. The SMILES string of the molecule is CCCCCCN=C=C[SiH](C)C. The van der Waals surface area contributed by atoms with E-state index in [1.54, 1.807) is 0 Å². The van der Waals surface area contributed by atoms with Crippen molar-refractivity contribution in [2.45, 2.75) is 45.7 Å². The van der Waals surface area contributed by atoms with E-state index in [9.17, 15) is 0 Å². The molecule has 2 heteroatoms. The van der Waals surface area contributed by atoms with Gasteiger partial charge in [0.05, 0.1) is 8.80 Å². The van der Waals surface area contributed by atoms with Gasteiger partial charge in [0.2, 0.25) is 0 Å². The van der Waals surface area contributed by atoms with E-state index in [0.29, 0.717) is 0 Å². The number of unbranched alkanes of at least 4 members (excludes halogenated alkanes) is 3. The van der Waals surface area contributed by atoms with Crippen LogP contribution in [0.3, 0.4) is 0 Å². The summed E-state index contributed by atoms with van der Waals surface area (Å²) in [7, 11) is -0.565. The molecule has 0 saturated heterocycles. The fourth-order valence-corrected chi connectivity index (χ4v) is 1.29. The monoisotopic (exact) mass is 183 g/mol. The van der Waals surface area contributed by atoms with Crippen LogP contribution in [0, 0.1) is 0 Å². The molecule has 0 heterocycles. The molecule has 0 aliphatic heterocycles. The molecule has 0 aliphatic rings. The van der Waals surface area contributed by atoms with Gasteiger partial charge in [-0.3, -0.25) is 0 Å². The van der Waals surface area contributed by atoms with Crippen LogP contribution in [0.25, 0.3) is 0 Å². The summed E-state index contributed by atoms with van der Waals surface area (Å²) in [5.41, 5.74) is 2.15. The maximum absolute atomic E-state index is 4.21. The smallest absolute Gasteiger partial charge is 0.0673 e. The average molecular weight is 183 g/mol. The summed E-state index contributed by atoms with van der Waals surface area (Å²) in [6.07, 6.45) is 5.20. The third-order valence-corrected chi connectivity index (χ3v) is 2.44. The first kappa shape index (κ1) is 11.7. The normalized spacial score (nSPS) is 9.67. The summed E-state index contributed by atoms with van der Waals surface area (Å²) in [5, 5.41) is 0. The van der Waals surface area contributed by atoms with Crippen molar-refractivity contribution in [3.8, 4) is 0 Å². The molecule has 0 spiro atoms. The molecule has 0 fully saturated rings. The van der Waals surface area contributed by atoms with E-state index < -0.39 is 8.80 Å². The molecule has 12 heavy (non-hydrogen) atoms. The topological polar surface area (TPSA) is 12.4 Å². The van der Waals surface area contributed by atoms with Gasteiger partial charge in [-0.1, -0.05) is 39.3 Å². The second-order valence-corrected chi connectivity index (χ2v) is 6.30. The summed E-state index contributed by atoms with van der Waals surface area (Å²) >= 11 is 0. The minimum absolute atomic E-state index is 0.565. The number of rotatable bonds is 6. The second-order valence-electron chi connectivity index (χ2n) is 3.48. The van der Waals surface area contributed by atoms with Gasteiger partial charge in [0.15, 0.2) is 0 Å². The maximum atomic E-state index is 4.21. The van der Waals surface area contributed by atoms with Crippen molar-refractivity contribution in [1.29, 1.82) is 0 Å². The first-order valence-electron chi connectivity index (χ1n) is 5.02. The van der Waals surface area contributed by atoms with E-state index in [1.807, 2.05) is 0 Å². The lowest BCUT2D eigenvalue weighted by molar-refractivity contribution is 0.676. The van der Waals surface area contributed by atoms with Crippen LogP contribution in [0.1, 0.15) is 32.6 Å². The fourth-order valence-electron chi connectivity index (χ4n) is 0.884. The molecule has 70 valence electrons. The molecule has 0 radical (unpaired) electrons. The molecular formula is C10H21NSi. The van der Waals surface area contributed by atoms with Crippen LogP contribution in [0.15, 0.2) is 10.7 Å². The largest absolute Gasteiger partial charge is 0.244 e. The summed E-state index contributed by atoms with van der Waals surface area (Å²) in [5.74, 6) is 3.02. The van der Waals surface area contributed by atoms with Crippen molar-refractivity contribution in [2.24, 2.45) is 4.99 Å². The van der Waals surface area contributed by atoms with Crippen LogP contribution in [0.4, 0.5) is 0 Å². The molecule has 0 bridgehead atoms. The number of nitrogens with zero attached hydrogens (tertiary/aromatic N) is 1. The van der Waals surface area contributed by atoms with Crippen molar-refractivity contribution in [1.82, 2.24) is 0 Å². The van der Waals surface area contributed by atoms with Crippen LogP contribution in [0.2, 0.25) is 13.1 Å². The van der Waals surface area contributed by atoms with Gasteiger partial charge in [-0.2, -0.15) is 0 Å². The molecule has 0 aromatic heterocycles. The van der Waals surface area contributed by atoms with Crippen molar-refractivity contribution in [2.75, 3.05) is 6.54 Å². The Morgan fingerprint density at radius 2 is 2.00 bits per heavy atom. The second kappa shape index (κ2) is 8.76. The van der Waals surface area contributed by atoms with Crippen LogP contribution >= 0.6 is 0 Å². The number of hydrogen-bond acceptors (Lipinski definition) is 1. The van der Waals surface area contributed by atoms with Gasteiger partial charge in [-0.05, 0) is 18.0 Å². The number of aliphatic imine (C=N–C) groups is 1. The minimum atomic E-state index is -0.565. The van der Waals surface area contributed by atoms with E-state index in [1.165, 1.54) is 25.7 Å². The van der Waals surface area contributed by atoms with Gasteiger partial charge >= 0.3 is 0 Å². The molecule has 0 N–H and O–H groups in total. The van der Waals surface area contributed by atoms with Crippen LogP contribution in [-0.4, -0.2) is 21.2 Å². The highest BCUT2D eigenvalue weighted by molar-refractivity contribution is 6.62. The lowest BCUT2D eigenvalue weighted by Gasteiger charge is -1.92. The zero-order chi connectivity index (χ0) is 9.23. The molecule has 0 aromatic carbocycles. The Morgan fingerprint density at radius 1 is 1.25 bits per heavy atom. The molecule has 1 nitrogen and oxygen atoms in total. The number of hydrogen-bond donors (Lipinski definition) is 0. The third kappa shape index (κ3) is 9.67. The summed E-state index contributed by atoms with van der Waals surface area (Å²) in [4.78, 5) is 4.21. The predicted octanol–water partition coefficient (Wildman–Crippen LogP) is 2.82. The van der Waals surface area contributed by atoms with E-state index in [2.05, 4.69) is 36.6 Å². The molecule has 0 aromatic rings. The Labute approximate surface area is 78.2 Å². The minimum Gasteiger partial charge on any atom is -0.244 e. The van der Waals surface area contributed by atoms with Crippen molar-refractivity contribution in [3.05, 3.63) is 5.70 Å². The molecule has 0 atom stereocenters. The Morgan fingerprint density at radius 3 is 2.58 bits per heavy atom. The van der Waals surface area contributed by atoms with Crippen molar-refractivity contribution >= 4 is 14.7 Å². The maximum Gasteiger partial charge on any atom is 0.0673 e. The Bertz CT molecular complexity index is 146. The van der Waals surface area contributed by atoms with E-state index in [0.717, 1.165) is 6.54 Å². The molecular weight excluding hydrogens is 162 g/mol. The first-order chi connectivity index (χ1) is 5.77. The van der Waals surface area contributed by atoms with Gasteiger partial charge in [0.25, 0.3) is 0 Å². The van der Waals surface area contributed by atoms with Gasteiger partial charge in [-0.15, -0.1) is 0 Å². The van der Waals surface area contributed by atoms with Crippen LogP contribution < -0.4 is 0 Å². The van der Waals surface area contributed by atoms with E-state index in [4.69, 9.17) is 0 Å². The summed E-state index contributed by atoms with van der Waals surface area (Å²) in [6.45, 7) is 7.75.